The molecule has 0 spiro atoms. The van der Waals surface area contributed by atoms with Crippen LogP contribution < -0.4 is 5.32 Å². The molecule has 2 N–H and O–H groups in total. The molecular weight excluding hydrogens is 198 g/mol. The zero-order valence-corrected chi connectivity index (χ0v) is 8.03. The summed E-state index contributed by atoms with van der Waals surface area (Å²) < 4.78 is 4.83. The molecule has 1 aromatic rings. The Morgan fingerprint density at radius 1 is 1.53 bits per heavy atom. The molecule has 0 aliphatic heterocycles. The van der Waals surface area contributed by atoms with Crippen molar-refractivity contribution in [3.05, 3.63) is 24.2 Å². The van der Waals surface area contributed by atoms with Crippen LogP contribution >= 0.6 is 0 Å². The summed E-state index contributed by atoms with van der Waals surface area (Å²) in [7, 11) is 0. The van der Waals surface area contributed by atoms with Crippen LogP contribution in [0, 0.1) is 5.41 Å². The van der Waals surface area contributed by atoms with Crippen LogP contribution in [0.3, 0.4) is 0 Å². The summed E-state index contributed by atoms with van der Waals surface area (Å²) in [6.45, 7) is 0.310. The zero-order valence-electron chi connectivity index (χ0n) is 8.03. The summed E-state index contributed by atoms with van der Waals surface area (Å²) in [6, 6.07) is 1.72. The molecule has 0 aromatic carbocycles. The number of hydrogen-bond donors (Lipinski definition) is 2. The van der Waals surface area contributed by atoms with E-state index in [2.05, 4.69) is 5.32 Å². The van der Waals surface area contributed by atoms with E-state index in [0.717, 1.165) is 5.56 Å². The van der Waals surface area contributed by atoms with Crippen LogP contribution in [0.1, 0.15) is 18.4 Å². The number of rotatable bonds is 4. The van der Waals surface area contributed by atoms with Gasteiger partial charge in [-0.25, -0.2) is 0 Å². The highest BCUT2D eigenvalue weighted by molar-refractivity contribution is 6.04. The highest BCUT2D eigenvalue weighted by Crippen LogP contribution is 2.46. The molecule has 1 amide bonds. The van der Waals surface area contributed by atoms with Gasteiger partial charge >= 0.3 is 5.97 Å². The highest BCUT2D eigenvalue weighted by atomic mass is 16.4. The molecule has 0 bridgehead atoms. The molecule has 0 atom stereocenters. The van der Waals surface area contributed by atoms with Crippen LogP contribution in [-0.4, -0.2) is 17.0 Å². The Bertz CT molecular complexity index is 378. The third-order valence-corrected chi connectivity index (χ3v) is 2.63. The Labute approximate surface area is 86.1 Å². The summed E-state index contributed by atoms with van der Waals surface area (Å²) in [5.41, 5.74) is -0.339. The molecule has 1 heterocycles. The Balaban J connectivity index is 1.91. The van der Waals surface area contributed by atoms with Gasteiger partial charge in [-0.15, -0.1) is 0 Å². The SMILES string of the molecule is O=C(O)C1(C(=O)NCc2ccoc2)CC1. The average molecular weight is 209 g/mol. The first-order valence-corrected chi connectivity index (χ1v) is 4.68. The van der Waals surface area contributed by atoms with Crippen molar-refractivity contribution in [3.63, 3.8) is 0 Å². The first-order chi connectivity index (χ1) is 7.15. The van der Waals surface area contributed by atoms with Crippen LogP contribution in [0.2, 0.25) is 0 Å². The minimum Gasteiger partial charge on any atom is -0.480 e. The van der Waals surface area contributed by atoms with Gasteiger partial charge in [0.15, 0.2) is 0 Å². The van der Waals surface area contributed by atoms with Gasteiger partial charge in [-0.1, -0.05) is 0 Å². The molecule has 2 rings (SSSR count). The normalized spacial score (nSPS) is 17.1. The van der Waals surface area contributed by atoms with Crippen molar-refractivity contribution in [2.24, 2.45) is 5.41 Å². The van der Waals surface area contributed by atoms with E-state index in [-0.39, 0.29) is 0 Å². The third kappa shape index (κ3) is 1.72. The summed E-state index contributed by atoms with van der Waals surface area (Å²) in [5.74, 6) is -1.44. The number of carboxylic acids is 1. The van der Waals surface area contributed by atoms with Crippen molar-refractivity contribution in [1.82, 2.24) is 5.32 Å². The second-order valence-electron chi connectivity index (χ2n) is 3.70. The fourth-order valence-electron chi connectivity index (χ4n) is 1.41. The summed E-state index contributed by atoms with van der Waals surface area (Å²) in [4.78, 5) is 22.3. The van der Waals surface area contributed by atoms with Crippen LogP contribution in [0.25, 0.3) is 0 Å². The first-order valence-electron chi connectivity index (χ1n) is 4.68. The van der Waals surface area contributed by atoms with Crippen LogP contribution in [0.5, 0.6) is 0 Å². The summed E-state index contributed by atoms with van der Waals surface area (Å²) in [6.07, 6.45) is 3.88. The average Bonchev–Trinajstić information content (AvgIpc) is 2.87. The van der Waals surface area contributed by atoms with Crippen molar-refractivity contribution >= 4 is 11.9 Å². The fraction of sp³-hybridized carbons (Fsp3) is 0.400. The van der Waals surface area contributed by atoms with E-state index < -0.39 is 17.3 Å². The highest BCUT2D eigenvalue weighted by Gasteiger charge is 2.56. The van der Waals surface area contributed by atoms with E-state index in [4.69, 9.17) is 9.52 Å². The molecule has 1 saturated carbocycles. The second kappa shape index (κ2) is 3.42. The molecule has 0 unspecified atom stereocenters. The van der Waals surface area contributed by atoms with Gasteiger partial charge in [-0.3, -0.25) is 9.59 Å². The molecule has 0 saturated heterocycles. The minimum atomic E-state index is -1.16. The van der Waals surface area contributed by atoms with E-state index in [1.807, 2.05) is 0 Å². The molecule has 80 valence electrons. The topological polar surface area (TPSA) is 79.5 Å². The predicted octanol–water partition coefficient (Wildman–Crippen LogP) is 0.761. The number of hydrogen-bond acceptors (Lipinski definition) is 3. The molecule has 1 aromatic heterocycles. The smallest absolute Gasteiger partial charge is 0.319 e. The van der Waals surface area contributed by atoms with Gasteiger partial charge in [0.25, 0.3) is 0 Å². The van der Waals surface area contributed by atoms with Crippen molar-refractivity contribution in [2.75, 3.05) is 0 Å². The maximum atomic E-state index is 11.5. The fourth-order valence-corrected chi connectivity index (χ4v) is 1.41. The van der Waals surface area contributed by atoms with E-state index >= 15 is 0 Å². The molecule has 1 aliphatic rings. The number of carbonyl (C=O) groups is 2. The van der Waals surface area contributed by atoms with Crippen molar-refractivity contribution in [3.8, 4) is 0 Å². The third-order valence-electron chi connectivity index (χ3n) is 2.63. The lowest BCUT2D eigenvalue weighted by Crippen LogP contribution is -2.36. The van der Waals surface area contributed by atoms with E-state index in [1.54, 1.807) is 6.07 Å². The first kappa shape index (κ1) is 9.76. The number of furan rings is 1. The number of amides is 1. The van der Waals surface area contributed by atoms with Gasteiger partial charge < -0.3 is 14.8 Å². The van der Waals surface area contributed by atoms with Gasteiger partial charge in [-0.05, 0) is 18.9 Å². The van der Waals surface area contributed by atoms with E-state index in [1.165, 1.54) is 12.5 Å². The van der Waals surface area contributed by atoms with E-state index in [0.29, 0.717) is 19.4 Å². The summed E-state index contributed by atoms with van der Waals surface area (Å²) in [5, 5.41) is 11.4. The number of carboxylic acid groups (broad SMARTS) is 1. The lowest BCUT2D eigenvalue weighted by Gasteiger charge is -2.09. The van der Waals surface area contributed by atoms with Crippen molar-refractivity contribution < 1.29 is 19.1 Å². The largest absolute Gasteiger partial charge is 0.480 e. The number of nitrogens with one attached hydrogen (secondary N) is 1. The van der Waals surface area contributed by atoms with Gasteiger partial charge in [0, 0.05) is 12.1 Å². The Hall–Kier alpha value is -1.78. The Kier molecular flexibility index (Phi) is 2.22. The predicted molar refractivity (Wildman–Crippen MR) is 49.9 cm³/mol. The molecule has 0 radical (unpaired) electrons. The molecular formula is C10H11NO4. The van der Waals surface area contributed by atoms with Crippen LogP contribution in [0.15, 0.2) is 23.0 Å². The van der Waals surface area contributed by atoms with Crippen molar-refractivity contribution in [2.45, 2.75) is 19.4 Å². The number of aliphatic carboxylic acids is 1. The lowest BCUT2D eigenvalue weighted by molar-refractivity contribution is -0.149. The quantitative estimate of drug-likeness (QED) is 0.717. The van der Waals surface area contributed by atoms with E-state index in [9.17, 15) is 9.59 Å². The summed E-state index contributed by atoms with van der Waals surface area (Å²) >= 11 is 0. The van der Waals surface area contributed by atoms with Crippen molar-refractivity contribution in [1.29, 1.82) is 0 Å². The molecule has 5 nitrogen and oxygen atoms in total. The maximum absolute atomic E-state index is 11.5. The zero-order chi connectivity index (χ0) is 10.9. The maximum Gasteiger partial charge on any atom is 0.319 e. The van der Waals surface area contributed by atoms with Gasteiger partial charge in [0.05, 0.1) is 12.5 Å². The van der Waals surface area contributed by atoms with Crippen LogP contribution in [-0.2, 0) is 16.1 Å². The molecule has 1 aliphatic carbocycles. The van der Waals surface area contributed by atoms with Crippen LogP contribution in [0.4, 0.5) is 0 Å². The second-order valence-corrected chi connectivity index (χ2v) is 3.70. The molecule has 5 heteroatoms. The molecule has 15 heavy (non-hydrogen) atoms. The Morgan fingerprint density at radius 2 is 2.27 bits per heavy atom. The monoisotopic (exact) mass is 209 g/mol. The minimum absolute atomic E-state index is 0.310. The Morgan fingerprint density at radius 3 is 2.73 bits per heavy atom. The molecule has 1 fully saturated rings. The standard InChI is InChI=1S/C10H11NO4/c12-8(10(2-3-10)9(13)14)11-5-7-1-4-15-6-7/h1,4,6H,2-3,5H2,(H,11,12)(H,13,14). The lowest BCUT2D eigenvalue weighted by atomic mass is 10.1. The van der Waals surface area contributed by atoms with Gasteiger partial charge in [0.2, 0.25) is 5.91 Å². The number of carbonyl (C=O) groups excluding carboxylic acids is 1. The van der Waals surface area contributed by atoms with Gasteiger partial charge in [0.1, 0.15) is 5.41 Å². The van der Waals surface area contributed by atoms with Gasteiger partial charge in [-0.2, -0.15) is 0 Å².